The van der Waals surface area contributed by atoms with Gasteiger partial charge in [0.15, 0.2) is 18.0 Å². The molecule has 2 atom stereocenters. The van der Waals surface area contributed by atoms with Gasteiger partial charge in [-0.15, -0.1) is 0 Å². The quantitative estimate of drug-likeness (QED) is 0.645. The number of carbonyl (C=O) groups is 2. The molecule has 0 unspecified atom stereocenters. The first-order valence-electron chi connectivity index (χ1n) is 4.90. The molecule has 1 heterocycles. The van der Waals surface area contributed by atoms with E-state index in [4.69, 9.17) is 20.9 Å². The van der Waals surface area contributed by atoms with E-state index in [0.717, 1.165) is 0 Å². The van der Waals surface area contributed by atoms with E-state index in [0.29, 0.717) is 12.8 Å². The molecule has 0 bridgehead atoms. The average Bonchev–Trinajstić information content (AvgIpc) is 2.58. The highest BCUT2D eigenvalue weighted by Gasteiger charge is 2.50. The molecule has 0 aromatic heterocycles. The molecule has 6 nitrogen and oxygen atoms in total. The Balaban J connectivity index is 2.90. The number of carbonyl (C=O) groups excluding carboxylic acids is 2. The average molecular weight is 216 g/mol. The lowest BCUT2D eigenvalue weighted by Crippen LogP contribution is -2.44. The van der Waals surface area contributed by atoms with E-state index in [9.17, 15) is 9.59 Å². The minimum atomic E-state index is -1.08. The second kappa shape index (κ2) is 4.16. The monoisotopic (exact) mass is 216 g/mol. The molecule has 86 valence electrons. The van der Waals surface area contributed by atoms with Gasteiger partial charge in [-0.2, -0.15) is 0 Å². The van der Waals surface area contributed by atoms with E-state index < -0.39 is 29.8 Å². The molecule has 6 heteroatoms. The summed E-state index contributed by atoms with van der Waals surface area (Å²) in [7, 11) is 0. The van der Waals surface area contributed by atoms with Crippen LogP contribution in [0.1, 0.15) is 26.7 Å². The third-order valence-electron chi connectivity index (χ3n) is 2.60. The van der Waals surface area contributed by atoms with E-state index in [-0.39, 0.29) is 0 Å². The van der Waals surface area contributed by atoms with Crippen molar-refractivity contribution in [1.82, 2.24) is 0 Å². The van der Waals surface area contributed by atoms with Gasteiger partial charge in [0.2, 0.25) is 11.8 Å². The van der Waals surface area contributed by atoms with Gasteiger partial charge in [-0.05, 0) is 12.8 Å². The van der Waals surface area contributed by atoms with Crippen molar-refractivity contribution < 1.29 is 19.1 Å². The smallest absolute Gasteiger partial charge is 0.249 e. The lowest BCUT2D eigenvalue weighted by atomic mass is 10.1. The van der Waals surface area contributed by atoms with Crippen molar-refractivity contribution in [3.63, 3.8) is 0 Å². The molecule has 0 aromatic rings. The third-order valence-corrected chi connectivity index (χ3v) is 2.60. The second-order valence-corrected chi connectivity index (χ2v) is 3.50. The molecule has 1 rings (SSSR count). The minimum Gasteiger partial charge on any atom is -0.367 e. The number of primary amides is 2. The number of hydrogen-bond acceptors (Lipinski definition) is 4. The summed E-state index contributed by atoms with van der Waals surface area (Å²) >= 11 is 0. The molecule has 1 fully saturated rings. The maximum absolute atomic E-state index is 11.0. The van der Waals surface area contributed by atoms with Crippen LogP contribution in [0.2, 0.25) is 0 Å². The third kappa shape index (κ3) is 2.10. The van der Waals surface area contributed by atoms with Crippen LogP contribution in [0.3, 0.4) is 0 Å². The molecule has 1 aliphatic rings. The fourth-order valence-corrected chi connectivity index (χ4v) is 1.61. The highest BCUT2D eigenvalue weighted by molar-refractivity contribution is 5.89. The number of amides is 2. The summed E-state index contributed by atoms with van der Waals surface area (Å²) in [4.78, 5) is 22.1. The van der Waals surface area contributed by atoms with Crippen LogP contribution < -0.4 is 11.5 Å². The van der Waals surface area contributed by atoms with Crippen LogP contribution in [0.15, 0.2) is 0 Å². The van der Waals surface area contributed by atoms with Crippen molar-refractivity contribution in [1.29, 1.82) is 0 Å². The topological polar surface area (TPSA) is 105 Å². The van der Waals surface area contributed by atoms with Crippen LogP contribution in [0, 0.1) is 0 Å². The Morgan fingerprint density at radius 3 is 1.60 bits per heavy atom. The largest absolute Gasteiger partial charge is 0.367 e. The van der Waals surface area contributed by atoms with Gasteiger partial charge in [0.05, 0.1) is 0 Å². The molecule has 0 aromatic carbocycles. The zero-order valence-electron chi connectivity index (χ0n) is 8.86. The van der Waals surface area contributed by atoms with E-state index in [1.54, 1.807) is 0 Å². The Hall–Kier alpha value is -1.14. The Labute approximate surface area is 87.9 Å². The van der Waals surface area contributed by atoms with E-state index >= 15 is 0 Å². The maximum Gasteiger partial charge on any atom is 0.249 e. The van der Waals surface area contributed by atoms with E-state index in [1.807, 2.05) is 13.8 Å². The Kier molecular flexibility index (Phi) is 3.31. The molecule has 4 N–H and O–H groups in total. The van der Waals surface area contributed by atoms with Crippen LogP contribution in [0.25, 0.3) is 0 Å². The highest BCUT2D eigenvalue weighted by atomic mass is 16.8. The van der Waals surface area contributed by atoms with Gasteiger partial charge >= 0.3 is 0 Å². The highest BCUT2D eigenvalue weighted by Crippen LogP contribution is 2.34. The molecule has 0 saturated carbocycles. The van der Waals surface area contributed by atoms with Crippen LogP contribution in [-0.4, -0.2) is 29.8 Å². The Bertz CT molecular complexity index is 251. The lowest BCUT2D eigenvalue weighted by molar-refractivity contribution is -0.182. The lowest BCUT2D eigenvalue weighted by Gasteiger charge is -2.24. The number of hydrogen-bond donors (Lipinski definition) is 2. The van der Waals surface area contributed by atoms with Crippen molar-refractivity contribution in [2.24, 2.45) is 11.5 Å². The molecule has 0 aliphatic carbocycles. The Morgan fingerprint density at radius 1 is 1.07 bits per heavy atom. The predicted molar refractivity (Wildman–Crippen MR) is 51.4 cm³/mol. The molecule has 15 heavy (non-hydrogen) atoms. The van der Waals surface area contributed by atoms with Gasteiger partial charge in [0.1, 0.15) is 0 Å². The van der Waals surface area contributed by atoms with Gasteiger partial charge in [-0.1, -0.05) is 13.8 Å². The first kappa shape index (κ1) is 11.9. The summed E-state index contributed by atoms with van der Waals surface area (Å²) in [6.07, 6.45) is -1.11. The van der Waals surface area contributed by atoms with Crippen molar-refractivity contribution in [3.05, 3.63) is 0 Å². The SMILES string of the molecule is CCC1(CC)O[C@@H](C(N)=O)[C@H](C(N)=O)O1. The number of ether oxygens (including phenoxy) is 2. The van der Waals surface area contributed by atoms with E-state index in [2.05, 4.69) is 0 Å². The van der Waals surface area contributed by atoms with Gasteiger partial charge in [-0.3, -0.25) is 9.59 Å². The summed E-state index contributed by atoms with van der Waals surface area (Å²) in [6, 6.07) is 0. The fraction of sp³-hybridized carbons (Fsp3) is 0.778. The summed E-state index contributed by atoms with van der Waals surface area (Å²) in [6.45, 7) is 3.68. The summed E-state index contributed by atoms with van der Waals surface area (Å²) in [5, 5.41) is 0. The van der Waals surface area contributed by atoms with Crippen LogP contribution in [-0.2, 0) is 19.1 Å². The molecular formula is C9H16N2O4. The standard InChI is InChI=1S/C9H16N2O4/c1-3-9(4-2)14-5(7(10)12)6(15-9)8(11)13/h5-6H,3-4H2,1-2H3,(H2,10,12)(H2,11,13)/t5-,6-/m1/s1. The normalized spacial score (nSPS) is 28.9. The fourth-order valence-electron chi connectivity index (χ4n) is 1.61. The minimum absolute atomic E-state index is 0.525. The van der Waals surface area contributed by atoms with Crippen LogP contribution >= 0.6 is 0 Å². The molecule has 1 aliphatic heterocycles. The first-order valence-corrected chi connectivity index (χ1v) is 4.90. The van der Waals surface area contributed by atoms with Crippen molar-refractivity contribution in [2.75, 3.05) is 0 Å². The van der Waals surface area contributed by atoms with Gasteiger partial charge in [0.25, 0.3) is 0 Å². The van der Waals surface area contributed by atoms with Crippen molar-refractivity contribution in [2.45, 2.75) is 44.7 Å². The second-order valence-electron chi connectivity index (χ2n) is 3.50. The summed E-state index contributed by atoms with van der Waals surface area (Å²) in [5.74, 6) is -2.38. The molecular weight excluding hydrogens is 200 g/mol. The molecule has 2 amide bonds. The zero-order valence-corrected chi connectivity index (χ0v) is 8.86. The molecule has 1 saturated heterocycles. The maximum atomic E-state index is 11.0. The van der Waals surface area contributed by atoms with E-state index in [1.165, 1.54) is 0 Å². The Morgan fingerprint density at radius 2 is 1.40 bits per heavy atom. The van der Waals surface area contributed by atoms with Gasteiger partial charge in [-0.25, -0.2) is 0 Å². The molecule has 0 radical (unpaired) electrons. The van der Waals surface area contributed by atoms with Crippen LogP contribution in [0.5, 0.6) is 0 Å². The number of rotatable bonds is 4. The first-order chi connectivity index (χ1) is 6.95. The van der Waals surface area contributed by atoms with Gasteiger partial charge < -0.3 is 20.9 Å². The zero-order chi connectivity index (χ0) is 11.6. The number of nitrogens with two attached hydrogens (primary N) is 2. The summed E-state index contributed by atoms with van der Waals surface area (Å²) in [5.41, 5.74) is 10.2. The van der Waals surface area contributed by atoms with Crippen LogP contribution in [0.4, 0.5) is 0 Å². The summed E-state index contributed by atoms with van der Waals surface area (Å²) < 4.78 is 10.8. The van der Waals surface area contributed by atoms with Crippen molar-refractivity contribution in [3.8, 4) is 0 Å². The predicted octanol–water partition coefficient (Wildman–Crippen LogP) is -0.743. The molecule has 0 spiro atoms. The van der Waals surface area contributed by atoms with Crippen molar-refractivity contribution >= 4 is 11.8 Å². The van der Waals surface area contributed by atoms with Gasteiger partial charge in [0, 0.05) is 0 Å².